The zero-order chi connectivity index (χ0) is 19.6. The topological polar surface area (TPSA) is 79.4 Å². The van der Waals surface area contributed by atoms with Crippen LogP contribution in [0.3, 0.4) is 0 Å². The fourth-order valence-corrected chi connectivity index (χ4v) is 2.30. The van der Waals surface area contributed by atoms with E-state index in [2.05, 4.69) is 20.6 Å². The Morgan fingerprint density at radius 2 is 2.04 bits per heavy atom. The SMILES string of the molecule is CCC(C)NC(=O)N(c1ccc(F)cc1)c1ccnc(NCCCOC)n1. The number of carbonyl (C=O) groups is 1. The van der Waals surface area contributed by atoms with E-state index in [-0.39, 0.29) is 17.9 Å². The molecule has 1 heterocycles. The first-order valence-electron chi connectivity index (χ1n) is 8.97. The number of aromatic nitrogens is 2. The van der Waals surface area contributed by atoms with Gasteiger partial charge in [-0.3, -0.25) is 0 Å². The molecular weight excluding hydrogens is 349 g/mol. The highest BCUT2D eigenvalue weighted by molar-refractivity contribution is 5.98. The number of nitrogens with zero attached hydrogens (tertiary/aromatic N) is 3. The van der Waals surface area contributed by atoms with Gasteiger partial charge in [-0.25, -0.2) is 19.1 Å². The minimum atomic E-state index is -0.371. The van der Waals surface area contributed by atoms with Crippen molar-refractivity contribution in [2.45, 2.75) is 32.7 Å². The highest BCUT2D eigenvalue weighted by Crippen LogP contribution is 2.24. The molecule has 0 fully saturated rings. The van der Waals surface area contributed by atoms with Crippen LogP contribution in [0.2, 0.25) is 0 Å². The molecule has 1 atom stereocenters. The van der Waals surface area contributed by atoms with E-state index in [1.807, 2.05) is 13.8 Å². The fraction of sp³-hybridized carbons (Fsp3) is 0.421. The number of hydrogen-bond donors (Lipinski definition) is 2. The maximum absolute atomic E-state index is 13.3. The summed E-state index contributed by atoms with van der Waals surface area (Å²) in [6, 6.07) is 7.00. The van der Waals surface area contributed by atoms with Crippen molar-refractivity contribution in [2.24, 2.45) is 0 Å². The third-order valence-corrected chi connectivity index (χ3v) is 3.95. The second-order valence-electron chi connectivity index (χ2n) is 6.08. The minimum Gasteiger partial charge on any atom is -0.385 e. The van der Waals surface area contributed by atoms with Crippen LogP contribution in [0.5, 0.6) is 0 Å². The van der Waals surface area contributed by atoms with E-state index in [4.69, 9.17) is 4.74 Å². The van der Waals surface area contributed by atoms with E-state index in [9.17, 15) is 9.18 Å². The van der Waals surface area contributed by atoms with Gasteiger partial charge in [0.25, 0.3) is 0 Å². The molecule has 0 bridgehead atoms. The number of hydrogen-bond acceptors (Lipinski definition) is 5. The standard InChI is InChI=1S/C19H26FN5O2/c1-4-14(2)23-19(26)25(16-8-6-15(20)7-9-16)17-10-12-22-18(24-17)21-11-5-13-27-3/h6-10,12,14H,4-5,11,13H2,1-3H3,(H,23,26)(H,21,22,24). The summed E-state index contributed by atoms with van der Waals surface area (Å²) in [5.41, 5.74) is 0.515. The van der Waals surface area contributed by atoms with Crippen LogP contribution in [-0.2, 0) is 4.74 Å². The molecular formula is C19H26FN5O2. The monoisotopic (exact) mass is 375 g/mol. The van der Waals surface area contributed by atoms with Crippen LogP contribution >= 0.6 is 0 Å². The summed E-state index contributed by atoms with van der Waals surface area (Å²) >= 11 is 0. The number of ether oxygens (including phenoxy) is 1. The van der Waals surface area contributed by atoms with E-state index >= 15 is 0 Å². The van der Waals surface area contributed by atoms with Crippen LogP contribution in [0.25, 0.3) is 0 Å². The van der Waals surface area contributed by atoms with E-state index in [1.165, 1.54) is 17.0 Å². The van der Waals surface area contributed by atoms with Gasteiger partial charge in [0.1, 0.15) is 11.6 Å². The summed E-state index contributed by atoms with van der Waals surface area (Å²) in [7, 11) is 1.65. The highest BCUT2D eigenvalue weighted by Gasteiger charge is 2.21. The summed E-state index contributed by atoms with van der Waals surface area (Å²) in [4.78, 5) is 22.9. The molecule has 27 heavy (non-hydrogen) atoms. The van der Waals surface area contributed by atoms with Gasteiger partial charge in [-0.2, -0.15) is 4.98 Å². The van der Waals surface area contributed by atoms with Crippen LogP contribution < -0.4 is 15.5 Å². The number of methoxy groups -OCH3 is 1. The molecule has 0 aliphatic rings. The molecule has 7 nitrogen and oxygen atoms in total. The van der Waals surface area contributed by atoms with Gasteiger partial charge in [0.2, 0.25) is 5.95 Å². The highest BCUT2D eigenvalue weighted by atomic mass is 19.1. The average molecular weight is 375 g/mol. The van der Waals surface area contributed by atoms with Crippen molar-refractivity contribution in [1.29, 1.82) is 0 Å². The summed E-state index contributed by atoms with van der Waals surface area (Å²) in [5.74, 6) is 0.433. The first kappa shape index (κ1) is 20.6. The molecule has 0 spiro atoms. The van der Waals surface area contributed by atoms with E-state index < -0.39 is 0 Å². The Balaban J connectivity index is 2.27. The summed E-state index contributed by atoms with van der Waals surface area (Å²) in [6.45, 7) is 5.18. The maximum Gasteiger partial charge on any atom is 0.327 e. The van der Waals surface area contributed by atoms with Crippen molar-refractivity contribution in [2.75, 3.05) is 30.5 Å². The third kappa shape index (κ3) is 6.18. The number of anilines is 3. The van der Waals surface area contributed by atoms with Crippen molar-refractivity contribution >= 4 is 23.5 Å². The van der Waals surface area contributed by atoms with Gasteiger partial charge in [-0.1, -0.05) is 6.92 Å². The zero-order valence-electron chi connectivity index (χ0n) is 15.9. The molecule has 0 saturated heterocycles. The minimum absolute atomic E-state index is 0.00563. The van der Waals surface area contributed by atoms with E-state index in [1.54, 1.807) is 31.5 Å². The maximum atomic E-state index is 13.3. The van der Waals surface area contributed by atoms with Crippen molar-refractivity contribution in [3.05, 3.63) is 42.3 Å². The van der Waals surface area contributed by atoms with Gasteiger partial charge in [0, 0.05) is 38.6 Å². The molecule has 2 aromatic rings. The van der Waals surface area contributed by atoms with Gasteiger partial charge in [-0.15, -0.1) is 0 Å². The molecule has 1 aromatic heterocycles. The van der Waals surface area contributed by atoms with E-state index in [0.717, 1.165) is 12.8 Å². The Hall–Kier alpha value is -2.74. The van der Waals surface area contributed by atoms with Gasteiger partial charge in [0.15, 0.2) is 0 Å². The number of amides is 2. The first-order valence-corrected chi connectivity index (χ1v) is 8.97. The zero-order valence-corrected chi connectivity index (χ0v) is 15.9. The van der Waals surface area contributed by atoms with Crippen molar-refractivity contribution in [1.82, 2.24) is 15.3 Å². The normalized spacial score (nSPS) is 11.7. The number of rotatable bonds is 9. The van der Waals surface area contributed by atoms with Crippen LogP contribution in [0.1, 0.15) is 26.7 Å². The number of halogens is 1. The molecule has 0 saturated carbocycles. The van der Waals surface area contributed by atoms with Crippen molar-refractivity contribution in [3.63, 3.8) is 0 Å². The fourth-order valence-electron chi connectivity index (χ4n) is 2.30. The summed E-state index contributed by atoms with van der Waals surface area (Å²) < 4.78 is 18.3. The van der Waals surface area contributed by atoms with Crippen LogP contribution in [0.15, 0.2) is 36.5 Å². The lowest BCUT2D eigenvalue weighted by molar-refractivity contribution is 0.197. The predicted octanol–water partition coefficient (Wildman–Crippen LogP) is 3.71. The lowest BCUT2D eigenvalue weighted by Crippen LogP contribution is -2.41. The molecule has 0 aliphatic heterocycles. The van der Waals surface area contributed by atoms with E-state index in [0.29, 0.717) is 30.6 Å². The van der Waals surface area contributed by atoms with Crippen LogP contribution in [0, 0.1) is 5.82 Å². The van der Waals surface area contributed by atoms with Crippen LogP contribution in [-0.4, -0.2) is 42.3 Å². The molecule has 2 N–H and O–H groups in total. The van der Waals surface area contributed by atoms with Gasteiger partial charge < -0.3 is 15.4 Å². The molecule has 0 aliphatic carbocycles. The first-order chi connectivity index (χ1) is 13.0. The Bertz CT molecular complexity index is 726. The molecule has 146 valence electrons. The van der Waals surface area contributed by atoms with Gasteiger partial charge >= 0.3 is 6.03 Å². The Morgan fingerprint density at radius 3 is 2.70 bits per heavy atom. The third-order valence-electron chi connectivity index (χ3n) is 3.95. The number of carbonyl (C=O) groups excluding carboxylic acids is 1. The van der Waals surface area contributed by atoms with Gasteiger partial charge in [0.05, 0.1) is 5.69 Å². The summed E-state index contributed by atoms with van der Waals surface area (Å²) in [6.07, 6.45) is 3.17. The van der Waals surface area contributed by atoms with Crippen molar-refractivity contribution in [3.8, 4) is 0 Å². The molecule has 0 radical (unpaired) electrons. The van der Waals surface area contributed by atoms with Gasteiger partial charge in [-0.05, 0) is 44.0 Å². The average Bonchev–Trinajstić information content (AvgIpc) is 2.67. The molecule has 8 heteroatoms. The smallest absolute Gasteiger partial charge is 0.327 e. The number of urea groups is 1. The second-order valence-corrected chi connectivity index (χ2v) is 6.08. The quantitative estimate of drug-likeness (QED) is 0.653. The lowest BCUT2D eigenvalue weighted by Gasteiger charge is -2.24. The largest absolute Gasteiger partial charge is 0.385 e. The van der Waals surface area contributed by atoms with Crippen molar-refractivity contribution < 1.29 is 13.9 Å². The predicted molar refractivity (Wildman–Crippen MR) is 104 cm³/mol. The number of benzene rings is 1. The summed E-state index contributed by atoms with van der Waals surface area (Å²) in [5, 5.41) is 6.02. The Kier molecular flexibility index (Phi) is 7.94. The molecule has 1 unspecified atom stereocenters. The molecule has 2 rings (SSSR count). The number of nitrogens with one attached hydrogen (secondary N) is 2. The second kappa shape index (κ2) is 10.4. The Morgan fingerprint density at radius 1 is 1.30 bits per heavy atom. The Labute approximate surface area is 159 Å². The van der Waals surface area contributed by atoms with Crippen LogP contribution in [0.4, 0.5) is 26.6 Å². The molecule has 2 amide bonds. The lowest BCUT2D eigenvalue weighted by atomic mass is 10.2. The molecule has 1 aromatic carbocycles.